The molecule has 0 saturated carbocycles. The van der Waals surface area contributed by atoms with Crippen LogP contribution in [0, 0.1) is 20.8 Å². The lowest BCUT2D eigenvalue weighted by molar-refractivity contribution is 0.0747. The number of benzene rings is 4. The van der Waals surface area contributed by atoms with E-state index in [2.05, 4.69) is 36.9 Å². The molecule has 0 N–H and O–H groups in total. The van der Waals surface area contributed by atoms with Gasteiger partial charge in [0.05, 0.1) is 22.7 Å². The Balaban J connectivity index is 1.46. The summed E-state index contributed by atoms with van der Waals surface area (Å²) < 4.78 is 29.5. The highest BCUT2D eigenvalue weighted by Crippen LogP contribution is 2.31. The first kappa shape index (κ1) is 28.7. The minimum Gasteiger partial charge on any atom is -0.368 e. The number of carbonyl (C=O) groups excluding carboxylic acids is 1. The summed E-state index contributed by atoms with van der Waals surface area (Å²) in [4.78, 5) is 18.3. The highest BCUT2D eigenvalue weighted by Gasteiger charge is 2.31. The van der Waals surface area contributed by atoms with Gasteiger partial charge in [-0.25, -0.2) is 8.42 Å². The number of sulfonamides is 1. The van der Waals surface area contributed by atoms with Crippen LogP contribution >= 0.6 is 11.6 Å². The van der Waals surface area contributed by atoms with Crippen LogP contribution < -0.4 is 9.21 Å². The Bertz CT molecular complexity index is 1650. The van der Waals surface area contributed by atoms with Crippen molar-refractivity contribution >= 4 is 38.9 Å². The molecule has 1 amide bonds. The molecule has 0 bridgehead atoms. The highest BCUT2D eigenvalue weighted by atomic mass is 35.5. The second kappa shape index (κ2) is 12.0. The molecule has 212 valence electrons. The second-order valence-electron chi connectivity index (χ2n) is 10.5. The maximum Gasteiger partial charge on any atom is 0.264 e. The number of piperazine rings is 1. The van der Waals surface area contributed by atoms with Crippen molar-refractivity contribution < 1.29 is 13.2 Å². The minimum absolute atomic E-state index is 0.0537. The van der Waals surface area contributed by atoms with Gasteiger partial charge in [0.2, 0.25) is 0 Å². The normalized spacial score (nSPS) is 13.8. The van der Waals surface area contributed by atoms with Crippen LogP contribution in [0.3, 0.4) is 0 Å². The number of halogens is 1. The molecule has 6 nitrogen and oxygen atoms in total. The van der Waals surface area contributed by atoms with Crippen LogP contribution in [-0.4, -0.2) is 45.4 Å². The van der Waals surface area contributed by atoms with E-state index in [1.807, 2.05) is 11.8 Å². The van der Waals surface area contributed by atoms with Gasteiger partial charge in [0, 0.05) is 36.9 Å². The second-order valence-corrected chi connectivity index (χ2v) is 12.8. The van der Waals surface area contributed by atoms with Crippen molar-refractivity contribution in [2.45, 2.75) is 32.2 Å². The fourth-order valence-electron chi connectivity index (χ4n) is 5.16. The van der Waals surface area contributed by atoms with Crippen molar-refractivity contribution in [3.05, 3.63) is 124 Å². The Morgan fingerprint density at radius 1 is 0.805 bits per heavy atom. The largest absolute Gasteiger partial charge is 0.368 e. The molecular weight excluding hydrogens is 554 g/mol. The number of para-hydroxylation sites is 1. The van der Waals surface area contributed by atoms with Gasteiger partial charge in [0.15, 0.2) is 0 Å². The number of nitrogens with zero attached hydrogens (tertiary/aromatic N) is 3. The topological polar surface area (TPSA) is 60.9 Å². The monoisotopic (exact) mass is 587 g/mol. The van der Waals surface area contributed by atoms with Gasteiger partial charge in [0.25, 0.3) is 15.9 Å². The molecule has 5 rings (SSSR count). The van der Waals surface area contributed by atoms with Crippen LogP contribution in [0.5, 0.6) is 0 Å². The lowest BCUT2D eigenvalue weighted by Crippen LogP contribution is -2.49. The minimum atomic E-state index is -4.00. The third-order valence-corrected chi connectivity index (χ3v) is 9.76. The molecule has 0 aliphatic carbocycles. The number of amides is 1. The molecule has 41 heavy (non-hydrogen) atoms. The zero-order chi connectivity index (χ0) is 29.1. The molecule has 1 heterocycles. The van der Waals surface area contributed by atoms with Gasteiger partial charge in [-0.3, -0.25) is 9.10 Å². The maximum atomic E-state index is 14.1. The zero-order valence-electron chi connectivity index (χ0n) is 23.5. The van der Waals surface area contributed by atoms with Gasteiger partial charge in [-0.2, -0.15) is 0 Å². The average Bonchev–Trinajstić information content (AvgIpc) is 2.98. The molecule has 8 heteroatoms. The number of anilines is 2. The van der Waals surface area contributed by atoms with Crippen molar-refractivity contribution in [2.75, 3.05) is 35.4 Å². The molecule has 4 aromatic rings. The molecule has 1 fully saturated rings. The third kappa shape index (κ3) is 6.11. The van der Waals surface area contributed by atoms with Crippen LogP contribution in [0.4, 0.5) is 11.4 Å². The van der Waals surface area contributed by atoms with E-state index in [0.717, 1.165) is 11.1 Å². The number of aryl methyl sites for hydroxylation is 2. The first-order chi connectivity index (χ1) is 19.6. The molecule has 1 aliphatic heterocycles. The highest BCUT2D eigenvalue weighted by molar-refractivity contribution is 7.92. The lowest BCUT2D eigenvalue weighted by atomic mass is 10.1. The van der Waals surface area contributed by atoms with Gasteiger partial charge in [-0.05, 0) is 79.9 Å². The van der Waals surface area contributed by atoms with Crippen molar-refractivity contribution in [1.29, 1.82) is 0 Å². The lowest BCUT2D eigenvalue weighted by Gasteiger charge is -2.37. The summed E-state index contributed by atoms with van der Waals surface area (Å²) in [6, 6.07) is 27.1. The molecule has 0 radical (unpaired) electrons. The van der Waals surface area contributed by atoms with Gasteiger partial charge < -0.3 is 9.80 Å². The predicted molar refractivity (Wildman–Crippen MR) is 166 cm³/mol. The Morgan fingerprint density at radius 2 is 1.46 bits per heavy atom. The number of rotatable bonds is 7. The summed E-state index contributed by atoms with van der Waals surface area (Å²) in [6.45, 7) is 8.69. The quantitative estimate of drug-likeness (QED) is 0.244. The molecule has 0 aromatic heterocycles. The molecule has 1 aliphatic rings. The van der Waals surface area contributed by atoms with E-state index in [9.17, 15) is 13.2 Å². The van der Waals surface area contributed by atoms with Crippen molar-refractivity contribution in [1.82, 2.24) is 4.90 Å². The molecule has 0 unspecified atom stereocenters. The molecular formula is C33H34ClN3O3S. The molecule has 0 atom stereocenters. The number of carbonyl (C=O) groups is 1. The standard InChI is InChI=1S/C33H34ClN3O3S/c1-24-11-17-29(18-12-24)41(39,40)37(23-27-13-15-28(34)16-14-27)32-9-5-4-8-30(32)33(38)36-21-19-35(20-22-36)31-10-6-7-25(2)26(31)3/h4-18H,19-23H2,1-3H3. The Morgan fingerprint density at radius 3 is 2.15 bits per heavy atom. The summed E-state index contributed by atoms with van der Waals surface area (Å²) in [7, 11) is -4.00. The fourth-order valence-corrected chi connectivity index (χ4v) is 6.76. The van der Waals surface area contributed by atoms with Crippen LogP contribution in [0.1, 0.15) is 32.6 Å². The molecule has 1 saturated heterocycles. The van der Waals surface area contributed by atoms with Crippen LogP contribution in [0.15, 0.2) is 95.9 Å². The van der Waals surface area contributed by atoms with E-state index < -0.39 is 10.0 Å². The van der Waals surface area contributed by atoms with Gasteiger partial charge in [0.1, 0.15) is 0 Å². The fraction of sp³-hybridized carbons (Fsp3) is 0.242. The third-order valence-electron chi connectivity index (χ3n) is 7.74. The van der Waals surface area contributed by atoms with Crippen LogP contribution in [0.25, 0.3) is 0 Å². The summed E-state index contributed by atoms with van der Waals surface area (Å²) >= 11 is 6.10. The van der Waals surface area contributed by atoms with E-state index in [1.54, 1.807) is 72.8 Å². The smallest absolute Gasteiger partial charge is 0.264 e. The Kier molecular flexibility index (Phi) is 8.38. The van der Waals surface area contributed by atoms with Crippen LogP contribution in [-0.2, 0) is 16.6 Å². The average molecular weight is 588 g/mol. The maximum absolute atomic E-state index is 14.1. The first-order valence-electron chi connectivity index (χ1n) is 13.7. The van der Waals surface area contributed by atoms with E-state index in [0.29, 0.717) is 42.5 Å². The number of hydrogen-bond donors (Lipinski definition) is 0. The van der Waals surface area contributed by atoms with Gasteiger partial charge >= 0.3 is 0 Å². The summed E-state index contributed by atoms with van der Waals surface area (Å²) in [5.41, 5.74) is 6.11. The van der Waals surface area contributed by atoms with E-state index in [1.165, 1.54) is 21.1 Å². The molecule has 4 aromatic carbocycles. The number of hydrogen-bond acceptors (Lipinski definition) is 4. The van der Waals surface area contributed by atoms with E-state index >= 15 is 0 Å². The SMILES string of the molecule is Cc1ccc(S(=O)(=O)N(Cc2ccc(Cl)cc2)c2ccccc2C(=O)N2CCN(c3cccc(C)c3C)CC2)cc1. The van der Waals surface area contributed by atoms with E-state index in [4.69, 9.17) is 11.6 Å². The van der Waals surface area contributed by atoms with E-state index in [-0.39, 0.29) is 17.3 Å². The van der Waals surface area contributed by atoms with Gasteiger partial charge in [-0.15, -0.1) is 0 Å². The summed E-state index contributed by atoms with van der Waals surface area (Å²) in [5, 5.41) is 0.567. The summed E-state index contributed by atoms with van der Waals surface area (Å²) in [6.07, 6.45) is 0. The summed E-state index contributed by atoms with van der Waals surface area (Å²) in [5.74, 6) is -0.179. The Labute approximate surface area is 247 Å². The first-order valence-corrected chi connectivity index (χ1v) is 15.5. The van der Waals surface area contributed by atoms with Gasteiger partial charge in [-0.1, -0.05) is 65.7 Å². The van der Waals surface area contributed by atoms with Crippen LogP contribution in [0.2, 0.25) is 5.02 Å². The van der Waals surface area contributed by atoms with Crippen molar-refractivity contribution in [3.8, 4) is 0 Å². The van der Waals surface area contributed by atoms with Crippen molar-refractivity contribution in [2.24, 2.45) is 0 Å². The predicted octanol–water partition coefficient (Wildman–Crippen LogP) is 6.62. The Hall–Kier alpha value is -3.81. The zero-order valence-corrected chi connectivity index (χ0v) is 25.1. The van der Waals surface area contributed by atoms with Crippen molar-refractivity contribution in [3.63, 3.8) is 0 Å². The molecule has 0 spiro atoms.